The van der Waals surface area contributed by atoms with Gasteiger partial charge in [0.15, 0.2) is 0 Å². The number of likely N-dealkylation sites (N-methyl/N-ethyl adjacent to an activating group) is 1. The summed E-state index contributed by atoms with van der Waals surface area (Å²) in [5.74, 6) is 0.468. The number of carbonyl (C=O) groups is 1. The first kappa shape index (κ1) is 18.4. The fraction of sp³-hybridized carbons (Fsp3) is 0.533. The fourth-order valence-corrected chi connectivity index (χ4v) is 2.55. The smallest absolute Gasteiger partial charge is 0.239 e. The molecule has 7 heteroatoms. The van der Waals surface area contributed by atoms with E-state index in [1.807, 2.05) is 30.3 Å². The molecule has 1 amide bonds. The minimum atomic E-state index is -3.10. The zero-order valence-corrected chi connectivity index (χ0v) is 13.9. The Morgan fingerprint density at radius 3 is 2.55 bits per heavy atom. The molecule has 6 nitrogen and oxygen atoms in total. The molecule has 0 radical (unpaired) electrons. The summed E-state index contributed by atoms with van der Waals surface area (Å²) < 4.78 is 27.7. The predicted molar refractivity (Wildman–Crippen MR) is 86.5 cm³/mol. The van der Waals surface area contributed by atoms with E-state index in [4.69, 9.17) is 10.5 Å². The van der Waals surface area contributed by atoms with Gasteiger partial charge in [-0.15, -0.1) is 0 Å². The van der Waals surface area contributed by atoms with E-state index in [9.17, 15) is 13.2 Å². The molecule has 0 saturated heterocycles. The molecule has 1 aromatic carbocycles. The number of sulfone groups is 1. The van der Waals surface area contributed by atoms with Gasteiger partial charge in [-0.25, -0.2) is 8.42 Å². The summed E-state index contributed by atoms with van der Waals surface area (Å²) in [5.41, 5.74) is 5.73. The maximum absolute atomic E-state index is 12.0. The quantitative estimate of drug-likeness (QED) is 0.673. The zero-order chi connectivity index (χ0) is 16.6. The first-order valence-corrected chi connectivity index (χ1v) is 9.22. The Balaban J connectivity index is 2.26. The van der Waals surface area contributed by atoms with Crippen LogP contribution in [0, 0.1) is 0 Å². The second kappa shape index (κ2) is 8.75. The summed E-state index contributed by atoms with van der Waals surface area (Å²) in [7, 11) is -1.44. The molecule has 0 heterocycles. The van der Waals surface area contributed by atoms with Crippen LogP contribution in [0.15, 0.2) is 30.3 Å². The van der Waals surface area contributed by atoms with Gasteiger partial charge in [0.2, 0.25) is 5.91 Å². The number of hydrogen-bond acceptors (Lipinski definition) is 5. The van der Waals surface area contributed by atoms with Gasteiger partial charge in [0, 0.05) is 19.8 Å². The average Bonchev–Trinajstić information content (AvgIpc) is 2.48. The molecular formula is C15H24N2O4S. The van der Waals surface area contributed by atoms with Gasteiger partial charge < -0.3 is 15.4 Å². The highest BCUT2D eigenvalue weighted by Crippen LogP contribution is 2.08. The molecule has 1 atom stereocenters. The highest BCUT2D eigenvalue weighted by molar-refractivity contribution is 7.90. The van der Waals surface area contributed by atoms with E-state index in [1.165, 1.54) is 4.90 Å². The van der Waals surface area contributed by atoms with Crippen LogP contribution < -0.4 is 10.5 Å². The van der Waals surface area contributed by atoms with Crippen molar-refractivity contribution in [1.29, 1.82) is 0 Å². The Bertz CT molecular complexity index is 560. The Morgan fingerprint density at radius 1 is 1.32 bits per heavy atom. The summed E-state index contributed by atoms with van der Waals surface area (Å²) in [6, 6.07) is 8.66. The first-order chi connectivity index (χ1) is 10.3. The molecular weight excluding hydrogens is 304 g/mol. The monoisotopic (exact) mass is 328 g/mol. The van der Waals surface area contributed by atoms with Crippen molar-refractivity contribution in [2.24, 2.45) is 5.73 Å². The number of para-hydroxylation sites is 1. The molecule has 22 heavy (non-hydrogen) atoms. The van der Waals surface area contributed by atoms with Gasteiger partial charge in [0.1, 0.15) is 15.6 Å². The Morgan fingerprint density at radius 2 is 1.95 bits per heavy atom. The summed E-state index contributed by atoms with van der Waals surface area (Å²) in [6.07, 6.45) is 1.95. The fourth-order valence-electron chi connectivity index (χ4n) is 1.87. The standard InChI is InChI=1S/C15H24N2O4S/c1-17(15(18)14(16)9-12-22(2,19)20)10-6-11-21-13-7-4-3-5-8-13/h3-5,7-8,14H,6,9-12,16H2,1-2H3. The summed E-state index contributed by atoms with van der Waals surface area (Å²) in [4.78, 5) is 13.5. The average molecular weight is 328 g/mol. The molecule has 1 unspecified atom stereocenters. The lowest BCUT2D eigenvalue weighted by atomic mass is 10.2. The topological polar surface area (TPSA) is 89.7 Å². The van der Waals surface area contributed by atoms with Crippen LogP contribution in [0.1, 0.15) is 12.8 Å². The molecule has 0 spiro atoms. The number of nitrogens with two attached hydrogens (primary N) is 1. The molecule has 2 N–H and O–H groups in total. The number of nitrogens with zero attached hydrogens (tertiary/aromatic N) is 1. The number of rotatable bonds is 9. The molecule has 0 aliphatic carbocycles. The van der Waals surface area contributed by atoms with Gasteiger partial charge in [-0.3, -0.25) is 4.79 Å². The van der Waals surface area contributed by atoms with Gasteiger partial charge >= 0.3 is 0 Å². The molecule has 0 aliphatic heterocycles. The molecule has 1 aromatic rings. The van der Waals surface area contributed by atoms with Crippen LogP contribution in [0.5, 0.6) is 5.75 Å². The second-order valence-electron chi connectivity index (χ2n) is 5.30. The Hall–Kier alpha value is -1.60. The minimum Gasteiger partial charge on any atom is -0.494 e. The van der Waals surface area contributed by atoms with Crippen LogP contribution >= 0.6 is 0 Å². The van der Waals surface area contributed by atoms with Crippen molar-refractivity contribution in [2.75, 3.05) is 32.2 Å². The minimum absolute atomic E-state index is 0.0785. The maximum atomic E-state index is 12.0. The number of benzene rings is 1. The van der Waals surface area contributed by atoms with Crippen LogP contribution in [0.4, 0.5) is 0 Å². The molecule has 0 fully saturated rings. The molecule has 1 rings (SSSR count). The van der Waals surface area contributed by atoms with Gasteiger partial charge in [-0.2, -0.15) is 0 Å². The Labute approximate surface area is 132 Å². The van der Waals surface area contributed by atoms with Crippen LogP contribution in [-0.2, 0) is 14.6 Å². The largest absolute Gasteiger partial charge is 0.494 e. The summed E-state index contributed by atoms with van der Waals surface area (Å²) in [6.45, 7) is 1.01. The van der Waals surface area contributed by atoms with E-state index in [-0.39, 0.29) is 18.1 Å². The zero-order valence-electron chi connectivity index (χ0n) is 13.1. The molecule has 0 saturated carbocycles. The normalized spacial score (nSPS) is 12.7. The van der Waals surface area contributed by atoms with Crippen LogP contribution in [0.3, 0.4) is 0 Å². The number of ether oxygens (including phenoxy) is 1. The third-order valence-corrected chi connectivity index (χ3v) is 4.12. The van der Waals surface area contributed by atoms with Crippen molar-refractivity contribution in [2.45, 2.75) is 18.9 Å². The van der Waals surface area contributed by atoms with E-state index < -0.39 is 15.9 Å². The van der Waals surface area contributed by atoms with Crippen molar-refractivity contribution < 1.29 is 17.9 Å². The highest BCUT2D eigenvalue weighted by atomic mass is 32.2. The van der Waals surface area contributed by atoms with E-state index >= 15 is 0 Å². The lowest BCUT2D eigenvalue weighted by molar-refractivity contribution is -0.131. The second-order valence-corrected chi connectivity index (χ2v) is 7.56. The number of amides is 1. The molecule has 0 aromatic heterocycles. The molecule has 0 aliphatic rings. The van der Waals surface area contributed by atoms with Crippen molar-refractivity contribution in [3.05, 3.63) is 30.3 Å². The van der Waals surface area contributed by atoms with Crippen molar-refractivity contribution in [1.82, 2.24) is 4.90 Å². The lowest BCUT2D eigenvalue weighted by Crippen LogP contribution is -2.43. The van der Waals surface area contributed by atoms with Gasteiger partial charge in [0.25, 0.3) is 0 Å². The highest BCUT2D eigenvalue weighted by Gasteiger charge is 2.19. The Kier molecular flexibility index (Phi) is 7.34. The maximum Gasteiger partial charge on any atom is 0.239 e. The van der Waals surface area contributed by atoms with Crippen LogP contribution in [0.2, 0.25) is 0 Å². The number of carbonyl (C=O) groups excluding carboxylic acids is 1. The lowest BCUT2D eigenvalue weighted by Gasteiger charge is -2.21. The SMILES string of the molecule is CN(CCCOc1ccccc1)C(=O)C(N)CCS(C)(=O)=O. The van der Waals surface area contributed by atoms with Crippen LogP contribution in [0.25, 0.3) is 0 Å². The van der Waals surface area contributed by atoms with E-state index in [0.29, 0.717) is 19.6 Å². The van der Waals surface area contributed by atoms with E-state index in [2.05, 4.69) is 0 Å². The van der Waals surface area contributed by atoms with Gasteiger partial charge in [-0.05, 0) is 25.0 Å². The molecule has 124 valence electrons. The van der Waals surface area contributed by atoms with Crippen molar-refractivity contribution >= 4 is 15.7 Å². The van der Waals surface area contributed by atoms with Crippen molar-refractivity contribution in [3.8, 4) is 5.75 Å². The van der Waals surface area contributed by atoms with E-state index in [0.717, 1.165) is 12.0 Å². The van der Waals surface area contributed by atoms with Crippen molar-refractivity contribution in [3.63, 3.8) is 0 Å². The third-order valence-electron chi connectivity index (χ3n) is 3.14. The predicted octanol–water partition coefficient (Wildman–Crippen LogP) is 0.676. The first-order valence-electron chi connectivity index (χ1n) is 7.16. The van der Waals surface area contributed by atoms with Gasteiger partial charge in [0.05, 0.1) is 18.4 Å². The molecule has 0 bridgehead atoms. The van der Waals surface area contributed by atoms with Crippen LogP contribution in [-0.4, -0.2) is 57.5 Å². The summed E-state index contributed by atoms with van der Waals surface area (Å²) >= 11 is 0. The number of hydrogen-bond donors (Lipinski definition) is 1. The van der Waals surface area contributed by atoms with Gasteiger partial charge in [-0.1, -0.05) is 18.2 Å². The third kappa shape index (κ3) is 7.42. The van der Waals surface area contributed by atoms with E-state index in [1.54, 1.807) is 7.05 Å². The summed E-state index contributed by atoms with van der Waals surface area (Å²) in [5, 5.41) is 0.